The monoisotopic (exact) mass is 230 g/mol. The van der Waals surface area contributed by atoms with Crippen LogP contribution in [-0.2, 0) is 9.53 Å². The number of esters is 1. The van der Waals surface area contributed by atoms with Crippen LogP contribution in [0.1, 0.15) is 33.1 Å². The summed E-state index contributed by atoms with van der Waals surface area (Å²) >= 11 is 0. The summed E-state index contributed by atoms with van der Waals surface area (Å²) in [5.74, 6) is -0.580. The molecule has 2 N–H and O–H groups in total. The van der Waals surface area contributed by atoms with Gasteiger partial charge in [-0.3, -0.25) is 4.79 Å². The van der Waals surface area contributed by atoms with E-state index < -0.39 is 12.0 Å². The molecule has 0 aromatic rings. The number of ether oxygens (including phenoxy) is 1. The van der Waals surface area contributed by atoms with E-state index in [1.165, 1.54) is 0 Å². The Balaban J connectivity index is 2.45. The Morgan fingerprint density at radius 3 is 2.75 bits per heavy atom. The number of cyclic esters (lactones) is 1. The number of hydrogen-bond donors (Lipinski definition) is 2. The highest BCUT2D eigenvalue weighted by molar-refractivity contribution is 5.75. The largest absolute Gasteiger partial charge is 0.465 e. The molecule has 94 valence electrons. The molecule has 1 unspecified atom stereocenters. The standard InChI is InChI=1S/C12H22O4/c1-3-8(2)4-5-10(14)11-9(6-13)7-16-12(11)15/h8-11,13-14H,3-7H2,1-2H3/t8?,9-,10+,11-/m1/s1. The number of aliphatic hydroxyl groups excluding tert-OH is 2. The molecule has 4 nitrogen and oxygen atoms in total. The lowest BCUT2D eigenvalue weighted by molar-refractivity contribution is -0.144. The maximum Gasteiger partial charge on any atom is 0.312 e. The maximum atomic E-state index is 11.4. The van der Waals surface area contributed by atoms with Gasteiger partial charge in [0.05, 0.1) is 25.2 Å². The third-order valence-electron chi connectivity index (χ3n) is 3.52. The van der Waals surface area contributed by atoms with E-state index >= 15 is 0 Å². The van der Waals surface area contributed by atoms with Crippen molar-refractivity contribution in [3.8, 4) is 0 Å². The van der Waals surface area contributed by atoms with Crippen molar-refractivity contribution in [1.29, 1.82) is 0 Å². The van der Waals surface area contributed by atoms with Gasteiger partial charge < -0.3 is 14.9 Å². The number of hydrogen-bond acceptors (Lipinski definition) is 4. The number of aliphatic hydroxyl groups is 2. The second kappa shape index (κ2) is 6.21. The van der Waals surface area contributed by atoms with E-state index in [0.717, 1.165) is 12.8 Å². The van der Waals surface area contributed by atoms with Crippen LogP contribution in [0.15, 0.2) is 0 Å². The van der Waals surface area contributed by atoms with Crippen molar-refractivity contribution >= 4 is 5.97 Å². The second-order valence-corrected chi connectivity index (χ2v) is 4.76. The van der Waals surface area contributed by atoms with Crippen molar-refractivity contribution in [1.82, 2.24) is 0 Å². The van der Waals surface area contributed by atoms with Crippen LogP contribution >= 0.6 is 0 Å². The van der Waals surface area contributed by atoms with Gasteiger partial charge in [-0.05, 0) is 18.8 Å². The van der Waals surface area contributed by atoms with Crippen LogP contribution < -0.4 is 0 Å². The molecule has 0 spiro atoms. The average molecular weight is 230 g/mol. The first-order valence-corrected chi connectivity index (χ1v) is 6.05. The number of rotatable bonds is 6. The molecule has 1 rings (SSSR count). The summed E-state index contributed by atoms with van der Waals surface area (Å²) in [7, 11) is 0. The number of carbonyl (C=O) groups is 1. The van der Waals surface area contributed by atoms with Gasteiger partial charge in [0.2, 0.25) is 0 Å². The van der Waals surface area contributed by atoms with E-state index in [4.69, 9.17) is 9.84 Å². The summed E-state index contributed by atoms with van der Waals surface area (Å²) in [5, 5.41) is 19.0. The zero-order valence-electron chi connectivity index (χ0n) is 10.1. The smallest absolute Gasteiger partial charge is 0.312 e. The zero-order valence-corrected chi connectivity index (χ0v) is 10.1. The molecule has 4 heteroatoms. The Morgan fingerprint density at radius 2 is 2.19 bits per heavy atom. The lowest BCUT2D eigenvalue weighted by Crippen LogP contribution is -2.31. The molecule has 0 aromatic carbocycles. The van der Waals surface area contributed by atoms with E-state index in [-0.39, 0.29) is 25.1 Å². The van der Waals surface area contributed by atoms with Gasteiger partial charge in [0, 0.05) is 5.92 Å². The third kappa shape index (κ3) is 3.19. The van der Waals surface area contributed by atoms with Gasteiger partial charge in [0.15, 0.2) is 0 Å². The Kier molecular flexibility index (Phi) is 5.22. The molecular weight excluding hydrogens is 208 g/mol. The number of carbonyl (C=O) groups excluding carboxylic acids is 1. The van der Waals surface area contributed by atoms with Crippen LogP contribution in [0.2, 0.25) is 0 Å². The Morgan fingerprint density at radius 1 is 1.50 bits per heavy atom. The molecule has 0 bridgehead atoms. The lowest BCUT2D eigenvalue weighted by Gasteiger charge is -2.20. The highest BCUT2D eigenvalue weighted by Crippen LogP contribution is 2.28. The van der Waals surface area contributed by atoms with Crippen LogP contribution in [0.25, 0.3) is 0 Å². The minimum absolute atomic E-state index is 0.100. The summed E-state index contributed by atoms with van der Waals surface area (Å²) in [6.07, 6.45) is 1.90. The van der Waals surface area contributed by atoms with Gasteiger partial charge >= 0.3 is 5.97 Å². The van der Waals surface area contributed by atoms with Crippen LogP contribution in [0.4, 0.5) is 0 Å². The molecule has 1 fully saturated rings. The van der Waals surface area contributed by atoms with Gasteiger partial charge in [-0.15, -0.1) is 0 Å². The lowest BCUT2D eigenvalue weighted by atomic mass is 9.87. The topological polar surface area (TPSA) is 66.8 Å². The van der Waals surface area contributed by atoms with Crippen LogP contribution in [0.3, 0.4) is 0 Å². The fraction of sp³-hybridized carbons (Fsp3) is 0.917. The van der Waals surface area contributed by atoms with Gasteiger partial charge in [0.25, 0.3) is 0 Å². The molecule has 16 heavy (non-hydrogen) atoms. The zero-order chi connectivity index (χ0) is 12.1. The first-order valence-electron chi connectivity index (χ1n) is 6.05. The first kappa shape index (κ1) is 13.5. The average Bonchev–Trinajstić information content (AvgIpc) is 2.66. The molecule has 1 saturated heterocycles. The van der Waals surface area contributed by atoms with Crippen LogP contribution in [0.5, 0.6) is 0 Å². The van der Waals surface area contributed by atoms with Gasteiger partial charge in [-0.2, -0.15) is 0 Å². The maximum absolute atomic E-state index is 11.4. The summed E-state index contributed by atoms with van der Waals surface area (Å²) in [6, 6.07) is 0. The molecule has 1 aliphatic heterocycles. The van der Waals surface area contributed by atoms with Gasteiger partial charge in [-0.1, -0.05) is 20.3 Å². The molecule has 0 aliphatic carbocycles. The Hall–Kier alpha value is -0.610. The van der Waals surface area contributed by atoms with Crippen molar-refractivity contribution < 1.29 is 19.7 Å². The summed E-state index contributed by atoms with van der Waals surface area (Å²) in [6.45, 7) is 4.37. The van der Waals surface area contributed by atoms with Crippen molar-refractivity contribution in [2.45, 2.75) is 39.2 Å². The van der Waals surface area contributed by atoms with Crippen molar-refractivity contribution in [3.63, 3.8) is 0 Å². The van der Waals surface area contributed by atoms with E-state index in [2.05, 4.69) is 13.8 Å². The summed E-state index contributed by atoms with van der Waals surface area (Å²) in [4.78, 5) is 11.4. The second-order valence-electron chi connectivity index (χ2n) is 4.76. The highest BCUT2D eigenvalue weighted by Gasteiger charge is 2.41. The van der Waals surface area contributed by atoms with Crippen molar-refractivity contribution in [2.75, 3.05) is 13.2 Å². The Bertz CT molecular complexity index is 229. The summed E-state index contributed by atoms with van der Waals surface area (Å²) in [5.41, 5.74) is 0. The molecule has 4 atom stereocenters. The fourth-order valence-corrected chi connectivity index (χ4v) is 2.06. The third-order valence-corrected chi connectivity index (χ3v) is 3.52. The van der Waals surface area contributed by atoms with Crippen molar-refractivity contribution in [2.24, 2.45) is 17.8 Å². The van der Waals surface area contributed by atoms with E-state index in [9.17, 15) is 9.90 Å². The highest BCUT2D eigenvalue weighted by atomic mass is 16.5. The van der Waals surface area contributed by atoms with Crippen molar-refractivity contribution in [3.05, 3.63) is 0 Å². The SMILES string of the molecule is CCC(C)CC[C@H](O)[C@@H]1C(=O)OC[C@H]1CO. The van der Waals surface area contributed by atoms with Crippen LogP contribution in [-0.4, -0.2) is 35.5 Å². The molecular formula is C12H22O4. The Labute approximate surface area is 96.6 Å². The quantitative estimate of drug-likeness (QED) is 0.667. The van der Waals surface area contributed by atoms with E-state index in [0.29, 0.717) is 12.3 Å². The molecule has 0 saturated carbocycles. The fourth-order valence-electron chi connectivity index (χ4n) is 2.06. The molecule has 0 aromatic heterocycles. The predicted molar refractivity (Wildman–Crippen MR) is 59.7 cm³/mol. The predicted octanol–water partition coefficient (Wildman–Crippen LogP) is 0.955. The normalized spacial score (nSPS) is 28.9. The molecule has 0 radical (unpaired) electrons. The van der Waals surface area contributed by atoms with Gasteiger partial charge in [0.1, 0.15) is 0 Å². The molecule has 1 heterocycles. The van der Waals surface area contributed by atoms with Crippen LogP contribution in [0, 0.1) is 17.8 Å². The minimum Gasteiger partial charge on any atom is -0.465 e. The first-order chi connectivity index (χ1) is 7.60. The summed E-state index contributed by atoms with van der Waals surface area (Å²) < 4.78 is 4.86. The molecule has 1 aliphatic rings. The van der Waals surface area contributed by atoms with E-state index in [1.807, 2.05) is 0 Å². The molecule has 0 amide bonds. The van der Waals surface area contributed by atoms with Gasteiger partial charge in [-0.25, -0.2) is 0 Å². The minimum atomic E-state index is -0.679. The van der Waals surface area contributed by atoms with E-state index in [1.54, 1.807) is 0 Å².